The van der Waals surface area contributed by atoms with E-state index in [1.807, 2.05) is 0 Å². The summed E-state index contributed by atoms with van der Waals surface area (Å²) in [5.74, 6) is 0. The maximum atomic E-state index is 6.07. The quantitative estimate of drug-likeness (QED) is 0.560. The molecule has 2 aromatic rings. The molecule has 0 N–H and O–H groups in total. The van der Waals surface area contributed by atoms with E-state index in [0.29, 0.717) is 26.2 Å². The highest BCUT2D eigenvalue weighted by Gasteiger charge is 2.12. The van der Waals surface area contributed by atoms with Crippen molar-refractivity contribution in [3.05, 3.63) is 44.9 Å². The molecule has 0 aliphatic heterocycles. The summed E-state index contributed by atoms with van der Waals surface area (Å²) in [5, 5.41) is 1.45. The lowest BCUT2D eigenvalue weighted by Gasteiger charge is -2.07. The fourth-order valence-electron chi connectivity index (χ4n) is 1.23. The molecule has 0 spiro atoms. The molecule has 0 aliphatic rings. The molecule has 0 saturated heterocycles. The summed E-state index contributed by atoms with van der Waals surface area (Å²) in [6.45, 7) is 0. The van der Waals surface area contributed by atoms with Crippen LogP contribution in [-0.4, -0.2) is 9.97 Å². The van der Waals surface area contributed by atoms with Gasteiger partial charge >= 0.3 is 0 Å². The third-order valence-corrected chi connectivity index (χ3v) is 3.27. The molecule has 0 unspecified atom stereocenters. The van der Waals surface area contributed by atoms with E-state index >= 15 is 0 Å². The number of nitrogens with zero attached hydrogens (tertiary/aromatic N) is 2. The van der Waals surface area contributed by atoms with Gasteiger partial charge in [-0.05, 0) is 23.7 Å². The van der Waals surface area contributed by atoms with Gasteiger partial charge in [-0.25, -0.2) is 9.97 Å². The van der Waals surface area contributed by atoms with Crippen LogP contribution in [0.3, 0.4) is 0 Å². The number of hydrogen-bond donors (Lipinski definition) is 0. The van der Waals surface area contributed by atoms with E-state index in [9.17, 15) is 0 Å². The van der Waals surface area contributed by atoms with E-state index in [4.69, 9.17) is 46.4 Å². The van der Waals surface area contributed by atoms with Crippen LogP contribution < -0.4 is 0 Å². The Balaban J connectivity index is 2.63. The van der Waals surface area contributed by atoms with Gasteiger partial charge in [0.1, 0.15) is 0 Å². The van der Waals surface area contributed by atoms with Crippen LogP contribution in [0.25, 0.3) is 11.1 Å². The second-order valence-corrected chi connectivity index (χ2v) is 4.49. The Hall–Kier alpha value is -0.540. The molecule has 1 heterocycles. The second-order valence-electron chi connectivity index (χ2n) is 2.96. The van der Waals surface area contributed by atoms with Crippen molar-refractivity contribution in [1.29, 1.82) is 0 Å². The van der Waals surface area contributed by atoms with Crippen molar-refractivity contribution in [2.75, 3.05) is 0 Å². The number of halogens is 4. The summed E-state index contributed by atoms with van der Waals surface area (Å²) in [7, 11) is 0. The highest BCUT2D eigenvalue weighted by molar-refractivity contribution is 6.46. The average molecular weight is 294 g/mol. The van der Waals surface area contributed by atoms with Crippen LogP contribution in [0.5, 0.6) is 0 Å². The standard InChI is InChI=1S/C10H4Cl4N2/c11-6-1-2-7(12)9(13)8(6)5-3-15-10(14)16-4-5/h1-4H. The Morgan fingerprint density at radius 3 is 2.00 bits per heavy atom. The van der Waals surface area contributed by atoms with Gasteiger partial charge in [0.2, 0.25) is 5.28 Å². The lowest BCUT2D eigenvalue weighted by Crippen LogP contribution is -1.87. The first-order valence-corrected chi connectivity index (χ1v) is 5.72. The van der Waals surface area contributed by atoms with Crippen molar-refractivity contribution in [2.45, 2.75) is 0 Å². The summed E-state index contributed by atoms with van der Waals surface area (Å²) in [6, 6.07) is 3.30. The van der Waals surface area contributed by atoms with Crippen molar-refractivity contribution >= 4 is 46.4 Å². The van der Waals surface area contributed by atoms with E-state index in [2.05, 4.69) is 9.97 Å². The second kappa shape index (κ2) is 4.76. The molecule has 1 aromatic carbocycles. The predicted octanol–water partition coefficient (Wildman–Crippen LogP) is 4.76. The third kappa shape index (κ3) is 2.25. The monoisotopic (exact) mass is 292 g/mol. The molecule has 1 aromatic heterocycles. The van der Waals surface area contributed by atoms with Crippen LogP contribution in [0.15, 0.2) is 24.5 Å². The minimum absolute atomic E-state index is 0.165. The fourth-order valence-corrected chi connectivity index (χ4v) is 2.08. The third-order valence-electron chi connectivity index (χ3n) is 1.95. The Kier molecular flexibility index (Phi) is 3.55. The van der Waals surface area contributed by atoms with E-state index in [-0.39, 0.29) is 5.28 Å². The number of aromatic nitrogens is 2. The van der Waals surface area contributed by atoms with Gasteiger partial charge in [-0.1, -0.05) is 34.8 Å². The zero-order chi connectivity index (χ0) is 11.7. The van der Waals surface area contributed by atoms with Crippen molar-refractivity contribution in [2.24, 2.45) is 0 Å². The van der Waals surface area contributed by atoms with Gasteiger partial charge in [-0.2, -0.15) is 0 Å². The first-order chi connectivity index (χ1) is 7.59. The molecule has 0 radical (unpaired) electrons. The molecule has 0 amide bonds. The maximum absolute atomic E-state index is 6.07. The largest absolute Gasteiger partial charge is 0.226 e. The van der Waals surface area contributed by atoms with Crippen molar-refractivity contribution in [1.82, 2.24) is 9.97 Å². The van der Waals surface area contributed by atoms with E-state index in [0.717, 1.165) is 0 Å². The van der Waals surface area contributed by atoms with Crippen molar-refractivity contribution in [3.8, 4) is 11.1 Å². The van der Waals surface area contributed by atoms with Crippen molar-refractivity contribution < 1.29 is 0 Å². The Morgan fingerprint density at radius 2 is 1.38 bits per heavy atom. The van der Waals surface area contributed by atoms with Crippen LogP contribution in [0, 0.1) is 0 Å². The van der Waals surface area contributed by atoms with E-state index in [1.165, 1.54) is 0 Å². The van der Waals surface area contributed by atoms with E-state index < -0.39 is 0 Å². The Morgan fingerprint density at radius 1 is 0.812 bits per heavy atom. The Labute approximate surface area is 112 Å². The zero-order valence-electron chi connectivity index (χ0n) is 7.72. The first-order valence-electron chi connectivity index (χ1n) is 4.21. The van der Waals surface area contributed by atoms with Crippen LogP contribution in [0.2, 0.25) is 20.4 Å². The van der Waals surface area contributed by atoms with Gasteiger partial charge in [-0.3, -0.25) is 0 Å². The molecular weight excluding hydrogens is 290 g/mol. The summed E-state index contributed by atoms with van der Waals surface area (Å²) in [5.41, 5.74) is 1.27. The summed E-state index contributed by atoms with van der Waals surface area (Å²) < 4.78 is 0. The molecule has 2 rings (SSSR count). The zero-order valence-corrected chi connectivity index (χ0v) is 10.7. The fraction of sp³-hybridized carbons (Fsp3) is 0. The van der Waals surface area contributed by atoms with Crippen molar-refractivity contribution in [3.63, 3.8) is 0 Å². The predicted molar refractivity (Wildman–Crippen MR) is 67.5 cm³/mol. The maximum Gasteiger partial charge on any atom is 0.222 e. The number of benzene rings is 1. The smallest absolute Gasteiger partial charge is 0.222 e. The Bertz CT molecular complexity index is 525. The normalized spacial score (nSPS) is 10.5. The molecule has 16 heavy (non-hydrogen) atoms. The van der Waals surface area contributed by atoms with Crippen LogP contribution >= 0.6 is 46.4 Å². The minimum atomic E-state index is 0.165. The molecule has 0 fully saturated rings. The van der Waals surface area contributed by atoms with Gasteiger partial charge < -0.3 is 0 Å². The number of hydrogen-bond acceptors (Lipinski definition) is 2. The van der Waals surface area contributed by atoms with Crippen LogP contribution in [0.4, 0.5) is 0 Å². The molecule has 0 atom stereocenters. The molecule has 2 nitrogen and oxygen atoms in total. The molecule has 0 saturated carbocycles. The highest BCUT2D eigenvalue weighted by atomic mass is 35.5. The summed E-state index contributed by atoms with van der Waals surface area (Å²) in [6.07, 6.45) is 3.08. The first kappa shape index (κ1) is 11.9. The van der Waals surface area contributed by atoms with Crippen LogP contribution in [-0.2, 0) is 0 Å². The number of rotatable bonds is 1. The lowest BCUT2D eigenvalue weighted by molar-refractivity contribution is 1.17. The summed E-state index contributed by atoms with van der Waals surface area (Å²) >= 11 is 23.6. The molecular formula is C10H4Cl4N2. The lowest BCUT2D eigenvalue weighted by atomic mass is 10.1. The molecule has 0 aliphatic carbocycles. The van der Waals surface area contributed by atoms with Gasteiger partial charge in [0.05, 0.1) is 15.1 Å². The van der Waals surface area contributed by atoms with Crippen LogP contribution in [0.1, 0.15) is 0 Å². The SMILES string of the molecule is Clc1ncc(-c2c(Cl)ccc(Cl)c2Cl)cn1. The van der Waals surface area contributed by atoms with Gasteiger partial charge in [0, 0.05) is 23.5 Å². The average Bonchev–Trinajstić information content (AvgIpc) is 2.27. The molecule has 0 bridgehead atoms. The van der Waals surface area contributed by atoms with Gasteiger partial charge in [-0.15, -0.1) is 0 Å². The summed E-state index contributed by atoms with van der Waals surface area (Å²) in [4.78, 5) is 7.72. The van der Waals surface area contributed by atoms with Gasteiger partial charge in [0.15, 0.2) is 0 Å². The molecule has 6 heteroatoms. The molecule has 82 valence electrons. The van der Waals surface area contributed by atoms with Gasteiger partial charge in [0.25, 0.3) is 0 Å². The highest BCUT2D eigenvalue weighted by Crippen LogP contribution is 2.38. The topological polar surface area (TPSA) is 25.8 Å². The minimum Gasteiger partial charge on any atom is -0.226 e. The van der Waals surface area contributed by atoms with E-state index in [1.54, 1.807) is 24.5 Å².